The van der Waals surface area contributed by atoms with Gasteiger partial charge < -0.3 is 15.8 Å². The van der Waals surface area contributed by atoms with Crippen LogP contribution in [0, 0.1) is 0 Å². The lowest BCUT2D eigenvalue weighted by Crippen LogP contribution is -2.26. The van der Waals surface area contributed by atoms with E-state index in [1.165, 1.54) is 17.1 Å². The number of halogens is 4. The molecule has 0 aliphatic carbocycles. The summed E-state index contributed by atoms with van der Waals surface area (Å²) in [7, 11) is 1.68. The fourth-order valence-corrected chi connectivity index (χ4v) is 3.86. The van der Waals surface area contributed by atoms with E-state index in [0.717, 1.165) is 12.4 Å². The number of alkyl halides is 3. The summed E-state index contributed by atoms with van der Waals surface area (Å²) >= 11 is 6.01. The van der Waals surface area contributed by atoms with Crippen molar-refractivity contribution < 1.29 is 18.4 Å². The molecule has 35 heavy (non-hydrogen) atoms. The van der Waals surface area contributed by atoms with Crippen molar-refractivity contribution in [1.29, 1.82) is 0 Å². The zero-order valence-electron chi connectivity index (χ0n) is 18.6. The third kappa shape index (κ3) is 4.89. The number of anilines is 1. The SMILES string of the molecule is C[C@@H](c1ncnn1-c1ccc(C(N)CNO)cn1)N(C)c1ncnc2c(C(F)(F)F)cc(Cl)cc12. The molecule has 184 valence electrons. The molecule has 14 heteroatoms. The summed E-state index contributed by atoms with van der Waals surface area (Å²) < 4.78 is 42.3. The van der Waals surface area contributed by atoms with Gasteiger partial charge in [-0.15, -0.1) is 0 Å². The largest absolute Gasteiger partial charge is 0.418 e. The van der Waals surface area contributed by atoms with Gasteiger partial charge in [0, 0.05) is 36.2 Å². The lowest BCUT2D eigenvalue weighted by molar-refractivity contribution is -0.136. The van der Waals surface area contributed by atoms with Gasteiger partial charge >= 0.3 is 6.18 Å². The molecule has 0 saturated carbocycles. The van der Waals surface area contributed by atoms with Gasteiger partial charge in [0.1, 0.15) is 18.5 Å². The van der Waals surface area contributed by atoms with Crippen molar-refractivity contribution in [1.82, 2.24) is 35.2 Å². The molecular formula is C21H21ClF3N9O. The van der Waals surface area contributed by atoms with Gasteiger partial charge in [-0.25, -0.2) is 25.4 Å². The molecule has 0 spiro atoms. The van der Waals surface area contributed by atoms with Crippen LogP contribution >= 0.6 is 11.6 Å². The Kier molecular flexibility index (Phi) is 6.85. The van der Waals surface area contributed by atoms with E-state index in [2.05, 4.69) is 25.0 Å². The van der Waals surface area contributed by atoms with E-state index in [1.807, 2.05) is 5.48 Å². The number of benzene rings is 1. The fourth-order valence-electron chi connectivity index (χ4n) is 3.64. The highest BCUT2D eigenvalue weighted by Gasteiger charge is 2.35. The summed E-state index contributed by atoms with van der Waals surface area (Å²) in [4.78, 5) is 18.5. The van der Waals surface area contributed by atoms with Crippen LogP contribution in [0.2, 0.25) is 5.02 Å². The van der Waals surface area contributed by atoms with Gasteiger partial charge in [-0.2, -0.15) is 23.0 Å². The Hall–Kier alpha value is -3.39. The third-order valence-electron chi connectivity index (χ3n) is 5.58. The highest BCUT2D eigenvalue weighted by atomic mass is 35.5. The van der Waals surface area contributed by atoms with E-state index in [-0.39, 0.29) is 28.3 Å². The van der Waals surface area contributed by atoms with E-state index in [9.17, 15) is 13.2 Å². The second-order valence-corrected chi connectivity index (χ2v) is 8.22. The average Bonchev–Trinajstić information content (AvgIpc) is 3.32. The Bertz CT molecular complexity index is 1330. The second kappa shape index (κ2) is 9.70. The highest BCUT2D eigenvalue weighted by molar-refractivity contribution is 6.31. The first-order chi connectivity index (χ1) is 16.6. The number of nitrogens with one attached hydrogen (secondary N) is 1. The van der Waals surface area contributed by atoms with Crippen molar-refractivity contribution in [3.8, 4) is 5.82 Å². The maximum atomic E-state index is 13.6. The predicted molar refractivity (Wildman–Crippen MR) is 122 cm³/mol. The van der Waals surface area contributed by atoms with Crippen LogP contribution in [0.1, 0.15) is 36.0 Å². The molecular weight excluding hydrogens is 487 g/mol. The summed E-state index contributed by atoms with van der Waals surface area (Å²) in [5.74, 6) is 1.18. The van der Waals surface area contributed by atoms with Crippen molar-refractivity contribution in [2.75, 3.05) is 18.5 Å². The van der Waals surface area contributed by atoms with Gasteiger partial charge in [0.15, 0.2) is 11.6 Å². The molecule has 0 fully saturated rings. The lowest BCUT2D eigenvalue weighted by Gasteiger charge is -2.26. The van der Waals surface area contributed by atoms with E-state index < -0.39 is 23.8 Å². The second-order valence-electron chi connectivity index (χ2n) is 7.78. The molecule has 0 aliphatic heterocycles. The van der Waals surface area contributed by atoms with Crippen LogP contribution < -0.4 is 16.1 Å². The summed E-state index contributed by atoms with van der Waals surface area (Å²) in [6.45, 7) is 1.96. The molecule has 2 atom stereocenters. The van der Waals surface area contributed by atoms with Gasteiger partial charge in [0.2, 0.25) is 0 Å². The quantitative estimate of drug-likeness (QED) is 0.322. The smallest absolute Gasteiger partial charge is 0.349 e. The van der Waals surface area contributed by atoms with Crippen LogP contribution in [-0.2, 0) is 6.18 Å². The molecule has 0 bridgehead atoms. The van der Waals surface area contributed by atoms with Crippen molar-refractivity contribution >= 4 is 28.3 Å². The summed E-state index contributed by atoms with van der Waals surface area (Å²) in [6, 6.07) is 4.77. The Morgan fingerprint density at radius 3 is 2.60 bits per heavy atom. The van der Waals surface area contributed by atoms with Crippen LogP contribution in [0.15, 0.2) is 43.1 Å². The molecule has 4 rings (SSSR count). The number of hydroxylamine groups is 1. The number of fused-ring (bicyclic) bond motifs is 1. The molecule has 1 unspecified atom stereocenters. The minimum absolute atomic E-state index is 0.0796. The van der Waals surface area contributed by atoms with Gasteiger partial charge in [0.25, 0.3) is 0 Å². The van der Waals surface area contributed by atoms with Crippen molar-refractivity contribution in [2.24, 2.45) is 5.73 Å². The minimum Gasteiger partial charge on any atom is -0.349 e. The first kappa shape index (κ1) is 24.7. The first-order valence-electron chi connectivity index (χ1n) is 10.3. The van der Waals surface area contributed by atoms with Crippen molar-refractivity contribution in [2.45, 2.75) is 25.2 Å². The predicted octanol–water partition coefficient (Wildman–Crippen LogP) is 3.45. The maximum Gasteiger partial charge on any atom is 0.418 e. The molecule has 4 N–H and O–H groups in total. The number of aromatic nitrogens is 6. The summed E-state index contributed by atoms with van der Waals surface area (Å²) in [6.07, 6.45) is -0.630. The Morgan fingerprint density at radius 2 is 1.94 bits per heavy atom. The van der Waals surface area contributed by atoms with Crippen LogP contribution in [-0.4, -0.2) is 48.5 Å². The minimum atomic E-state index is -4.63. The van der Waals surface area contributed by atoms with Gasteiger partial charge in [0.05, 0.1) is 17.1 Å². The topological polar surface area (TPSA) is 131 Å². The molecule has 1 aromatic carbocycles. The van der Waals surface area contributed by atoms with Crippen LogP contribution in [0.3, 0.4) is 0 Å². The van der Waals surface area contributed by atoms with Crippen LogP contribution in [0.5, 0.6) is 0 Å². The molecule has 4 aromatic rings. The highest BCUT2D eigenvalue weighted by Crippen LogP contribution is 2.39. The number of hydrogen-bond donors (Lipinski definition) is 3. The van der Waals surface area contributed by atoms with E-state index in [0.29, 0.717) is 17.2 Å². The van der Waals surface area contributed by atoms with Crippen LogP contribution in [0.4, 0.5) is 19.0 Å². The number of hydrogen-bond acceptors (Lipinski definition) is 9. The lowest BCUT2D eigenvalue weighted by atomic mass is 10.1. The Morgan fingerprint density at radius 1 is 1.17 bits per heavy atom. The number of nitrogens with two attached hydrogens (primary N) is 1. The fraction of sp³-hybridized carbons (Fsp3) is 0.286. The molecule has 0 radical (unpaired) electrons. The van der Waals surface area contributed by atoms with Crippen molar-refractivity contribution in [3.05, 3.63) is 65.1 Å². The van der Waals surface area contributed by atoms with Gasteiger partial charge in [-0.1, -0.05) is 17.7 Å². The van der Waals surface area contributed by atoms with E-state index >= 15 is 0 Å². The molecule has 3 aromatic heterocycles. The number of pyridine rings is 1. The molecule has 0 saturated heterocycles. The van der Waals surface area contributed by atoms with Gasteiger partial charge in [-0.3, -0.25) is 0 Å². The monoisotopic (exact) mass is 507 g/mol. The molecule has 0 amide bonds. The molecule has 0 aliphatic rings. The summed E-state index contributed by atoms with van der Waals surface area (Å²) in [5.41, 5.74) is 7.49. The van der Waals surface area contributed by atoms with Gasteiger partial charge in [-0.05, 0) is 30.7 Å². The summed E-state index contributed by atoms with van der Waals surface area (Å²) in [5, 5.41) is 13.2. The number of nitrogens with zero attached hydrogens (tertiary/aromatic N) is 7. The zero-order chi connectivity index (χ0) is 25.3. The number of rotatable bonds is 7. The Labute approximate surface area is 202 Å². The standard InChI is InChI=1S/C21H21ClF3N9O/c1-11(19-30-10-31-34(19)17-4-3-12(7-27-17)16(26)8-32-35)33(2)20-14-5-13(22)6-15(21(23,24)25)18(14)28-9-29-20/h3-7,9-11,16,32,35H,8,26H2,1-2H3/t11-,16?/m0/s1. The van der Waals surface area contributed by atoms with E-state index in [4.69, 9.17) is 22.5 Å². The normalized spacial score (nSPS) is 13.7. The maximum absolute atomic E-state index is 13.6. The average molecular weight is 508 g/mol. The third-order valence-corrected chi connectivity index (χ3v) is 5.80. The molecule has 10 nitrogen and oxygen atoms in total. The zero-order valence-corrected chi connectivity index (χ0v) is 19.3. The van der Waals surface area contributed by atoms with E-state index in [1.54, 1.807) is 37.2 Å². The van der Waals surface area contributed by atoms with Crippen LogP contribution in [0.25, 0.3) is 16.7 Å². The Balaban J connectivity index is 1.70. The first-order valence-corrected chi connectivity index (χ1v) is 10.7. The van der Waals surface area contributed by atoms with Crippen molar-refractivity contribution in [3.63, 3.8) is 0 Å². The molecule has 3 heterocycles.